The van der Waals surface area contributed by atoms with Crippen molar-refractivity contribution in [1.82, 2.24) is 4.90 Å². The average molecular weight is 305 g/mol. The van der Waals surface area contributed by atoms with E-state index < -0.39 is 0 Å². The summed E-state index contributed by atoms with van der Waals surface area (Å²) in [6, 6.07) is 8.20. The summed E-state index contributed by atoms with van der Waals surface area (Å²) in [5, 5.41) is 8.23. The molecule has 0 unspecified atom stereocenters. The van der Waals surface area contributed by atoms with Crippen LogP contribution in [0.4, 0.5) is 5.69 Å². The van der Waals surface area contributed by atoms with Crippen LogP contribution in [0.2, 0.25) is 0 Å². The van der Waals surface area contributed by atoms with Crippen LogP contribution in [-0.4, -0.2) is 36.1 Å². The lowest BCUT2D eigenvalue weighted by Crippen LogP contribution is -2.29. The first kappa shape index (κ1) is 13.6. The largest absolute Gasteiger partial charge is 0.369 e. The van der Waals surface area contributed by atoms with Gasteiger partial charge < -0.3 is 4.90 Å². The van der Waals surface area contributed by atoms with E-state index in [1.165, 1.54) is 27.2 Å². The van der Waals surface area contributed by atoms with Crippen molar-refractivity contribution in [3.63, 3.8) is 0 Å². The minimum atomic E-state index is -0.0298. The van der Waals surface area contributed by atoms with Gasteiger partial charge in [0.05, 0.1) is 17.1 Å². The molecule has 3 rings (SSSR count). The maximum Gasteiger partial charge on any atom is 0.267 e. The van der Waals surface area contributed by atoms with E-state index >= 15 is 0 Å². The van der Waals surface area contributed by atoms with Gasteiger partial charge in [-0.15, -0.1) is 0 Å². The number of nitrogens with zero attached hydrogens (tertiary/aromatic N) is 2. The molecule has 6 heteroatoms. The Balaban J connectivity index is 1.99. The second-order valence-electron chi connectivity index (χ2n) is 4.63. The van der Waals surface area contributed by atoms with Crippen molar-refractivity contribution >= 4 is 40.3 Å². The Kier molecular flexibility index (Phi) is 3.52. The number of amidine groups is 1. The number of fused-ring (bicyclic) bond motifs is 1. The molecule has 1 aromatic rings. The molecule has 1 amide bonds. The molecule has 0 spiro atoms. The first-order chi connectivity index (χ1) is 9.61. The normalized spacial score (nSPS) is 22.5. The Morgan fingerprint density at radius 2 is 2.05 bits per heavy atom. The number of nitrogens with one attached hydrogen (secondary N) is 1. The highest BCUT2D eigenvalue weighted by atomic mass is 32.2. The van der Waals surface area contributed by atoms with Crippen LogP contribution < -0.4 is 4.90 Å². The summed E-state index contributed by atoms with van der Waals surface area (Å²) >= 11 is 2.93. The summed E-state index contributed by atoms with van der Waals surface area (Å²) < 4.78 is 0. The molecule has 1 N–H and O–H groups in total. The van der Waals surface area contributed by atoms with Crippen LogP contribution in [0.25, 0.3) is 0 Å². The van der Waals surface area contributed by atoms with Crippen molar-refractivity contribution in [2.45, 2.75) is 11.8 Å². The van der Waals surface area contributed by atoms with Crippen molar-refractivity contribution in [3.8, 4) is 0 Å². The Bertz CT molecular complexity index is 627. The van der Waals surface area contributed by atoms with Crippen molar-refractivity contribution in [3.05, 3.63) is 34.1 Å². The molecule has 4 nitrogen and oxygen atoms in total. The van der Waals surface area contributed by atoms with E-state index in [9.17, 15) is 4.79 Å². The molecule has 2 heterocycles. The summed E-state index contributed by atoms with van der Waals surface area (Å²) in [5.74, 6) is -0.0298. The third-order valence-electron chi connectivity index (χ3n) is 3.34. The van der Waals surface area contributed by atoms with Crippen LogP contribution in [-0.2, 0) is 4.79 Å². The van der Waals surface area contributed by atoms with Gasteiger partial charge in [0, 0.05) is 23.4 Å². The smallest absolute Gasteiger partial charge is 0.267 e. The number of amides is 1. The van der Waals surface area contributed by atoms with Crippen LogP contribution in [0.15, 0.2) is 39.0 Å². The third kappa shape index (κ3) is 2.13. The number of hydrogen-bond acceptors (Lipinski definition) is 5. The Morgan fingerprint density at radius 3 is 2.75 bits per heavy atom. The monoisotopic (exact) mass is 305 g/mol. The zero-order chi connectivity index (χ0) is 14.3. The minimum Gasteiger partial charge on any atom is -0.369 e. The lowest BCUT2D eigenvalue weighted by atomic mass is 10.3. The van der Waals surface area contributed by atoms with Crippen LogP contribution in [0, 0.1) is 5.41 Å². The van der Waals surface area contributed by atoms with Crippen LogP contribution in [0.1, 0.15) is 6.92 Å². The number of hydrogen-bond donors (Lipinski definition) is 1. The van der Waals surface area contributed by atoms with Crippen LogP contribution >= 0.6 is 23.5 Å². The fourth-order valence-corrected chi connectivity index (χ4v) is 4.64. The predicted octanol–water partition coefficient (Wildman–Crippen LogP) is 2.97. The molecule has 2 aliphatic rings. The Labute approximate surface area is 126 Å². The molecular formula is C14H15N3OS2. The van der Waals surface area contributed by atoms with Gasteiger partial charge in [0.15, 0.2) is 5.17 Å². The van der Waals surface area contributed by atoms with Gasteiger partial charge in [0.2, 0.25) is 0 Å². The first-order valence-corrected chi connectivity index (χ1v) is 8.04. The molecule has 104 valence electrons. The molecule has 0 atom stereocenters. The van der Waals surface area contributed by atoms with Gasteiger partial charge in [-0.05, 0) is 30.8 Å². The van der Waals surface area contributed by atoms with Gasteiger partial charge >= 0.3 is 0 Å². The number of likely N-dealkylation sites (N-methyl/N-ethyl adjacent to an activating group) is 2. The maximum atomic E-state index is 12.3. The third-order valence-corrected chi connectivity index (χ3v) is 5.66. The summed E-state index contributed by atoms with van der Waals surface area (Å²) in [6.07, 6.45) is 0. The maximum absolute atomic E-state index is 12.3. The van der Waals surface area contributed by atoms with Crippen molar-refractivity contribution < 1.29 is 4.79 Å². The van der Waals surface area contributed by atoms with E-state index in [0.717, 1.165) is 11.4 Å². The second kappa shape index (κ2) is 5.18. The van der Waals surface area contributed by atoms with Gasteiger partial charge in [-0.25, -0.2) is 0 Å². The van der Waals surface area contributed by atoms with E-state index in [0.29, 0.717) is 16.6 Å². The summed E-state index contributed by atoms with van der Waals surface area (Å²) in [5.41, 5.74) is 1.19. The molecule has 0 bridgehead atoms. The fourth-order valence-electron chi connectivity index (χ4n) is 2.32. The van der Waals surface area contributed by atoms with Gasteiger partial charge in [0.25, 0.3) is 5.91 Å². The fraction of sp³-hybridized carbons (Fsp3) is 0.286. The molecule has 2 aliphatic heterocycles. The van der Waals surface area contributed by atoms with Gasteiger partial charge in [0.1, 0.15) is 0 Å². The highest BCUT2D eigenvalue weighted by Gasteiger charge is 2.35. The number of benzene rings is 1. The van der Waals surface area contributed by atoms with Gasteiger partial charge in [-0.2, -0.15) is 0 Å². The Hall–Kier alpha value is -1.40. The van der Waals surface area contributed by atoms with Crippen molar-refractivity contribution in [1.29, 1.82) is 5.41 Å². The van der Waals surface area contributed by atoms with Crippen molar-refractivity contribution in [2.75, 3.05) is 25.0 Å². The Morgan fingerprint density at radius 1 is 1.30 bits per heavy atom. The van der Waals surface area contributed by atoms with E-state index in [1.807, 2.05) is 26.1 Å². The minimum absolute atomic E-state index is 0.0298. The first-order valence-electron chi connectivity index (χ1n) is 6.41. The summed E-state index contributed by atoms with van der Waals surface area (Å²) in [7, 11) is 2.03. The highest BCUT2D eigenvalue weighted by Crippen LogP contribution is 2.45. The number of para-hydroxylation sites is 1. The molecule has 0 saturated carbocycles. The highest BCUT2D eigenvalue weighted by molar-refractivity contribution is 8.19. The molecule has 0 aliphatic carbocycles. The van der Waals surface area contributed by atoms with E-state index in [4.69, 9.17) is 5.41 Å². The molecule has 1 aromatic carbocycles. The van der Waals surface area contributed by atoms with Gasteiger partial charge in [-0.3, -0.25) is 15.1 Å². The van der Waals surface area contributed by atoms with Crippen molar-refractivity contribution in [2.24, 2.45) is 0 Å². The number of thioether (sulfide) groups is 2. The van der Waals surface area contributed by atoms with E-state index in [2.05, 4.69) is 17.0 Å². The lowest BCUT2D eigenvalue weighted by molar-refractivity contribution is -0.122. The predicted molar refractivity (Wildman–Crippen MR) is 85.3 cm³/mol. The SMILES string of the molecule is CCN1C(=N)S/C(=C2/CN(C)c3ccccc3S2)C1=O. The number of carbonyl (C=O) groups excluding carboxylic acids is 1. The molecule has 1 saturated heterocycles. The van der Waals surface area contributed by atoms with Crippen LogP contribution in [0.3, 0.4) is 0 Å². The summed E-state index contributed by atoms with van der Waals surface area (Å²) in [6.45, 7) is 3.18. The molecule has 20 heavy (non-hydrogen) atoms. The van der Waals surface area contributed by atoms with Gasteiger partial charge in [-0.1, -0.05) is 23.9 Å². The molecule has 1 fully saturated rings. The lowest BCUT2D eigenvalue weighted by Gasteiger charge is -2.29. The number of anilines is 1. The standard InChI is InChI=1S/C14H15N3OS2/c1-3-17-13(18)12(20-14(17)15)11-8-16(2)9-6-4-5-7-10(9)19-11/h4-7,15H,3,8H2,1-2H3/b12-11-,15-14?. The van der Waals surface area contributed by atoms with E-state index in [1.54, 1.807) is 11.8 Å². The average Bonchev–Trinajstić information content (AvgIpc) is 2.73. The zero-order valence-corrected chi connectivity index (χ0v) is 13.0. The number of rotatable bonds is 1. The molecule has 0 aromatic heterocycles. The zero-order valence-electron chi connectivity index (χ0n) is 11.3. The number of carbonyl (C=O) groups is 1. The topological polar surface area (TPSA) is 47.4 Å². The molecule has 0 radical (unpaired) electrons. The quantitative estimate of drug-likeness (QED) is 0.810. The summed E-state index contributed by atoms with van der Waals surface area (Å²) in [4.78, 5) is 18.9. The molecular weight excluding hydrogens is 290 g/mol. The van der Waals surface area contributed by atoms with Crippen LogP contribution in [0.5, 0.6) is 0 Å². The second-order valence-corrected chi connectivity index (χ2v) is 6.77. The van der Waals surface area contributed by atoms with E-state index in [-0.39, 0.29) is 5.91 Å².